The minimum Gasteiger partial charge on any atom is -0.308 e. The molecule has 49 heavy (non-hydrogen) atoms. The first-order valence-corrected chi connectivity index (χ1v) is 16.8. The fraction of sp³-hybridized carbons (Fsp3) is 0. The van der Waals surface area contributed by atoms with E-state index in [4.69, 9.17) is 4.98 Å². The Hall–Kier alpha value is -6.65. The van der Waals surface area contributed by atoms with Crippen LogP contribution in [-0.2, 0) is 0 Å². The highest BCUT2D eigenvalue weighted by atomic mass is 15.2. The van der Waals surface area contributed by atoms with Crippen LogP contribution in [0.5, 0.6) is 0 Å². The Morgan fingerprint density at radius 3 is 1.73 bits per heavy atom. The molecule has 0 unspecified atom stereocenters. The molecule has 12 aromatic rings. The van der Waals surface area contributed by atoms with Crippen LogP contribution < -0.4 is 4.90 Å². The van der Waals surface area contributed by atoms with E-state index in [1.54, 1.807) is 0 Å². The van der Waals surface area contributed by atoms with E-state index in [0.29, 0.717) is 0 Å². The van der Waals surface area contributed by atoms with Gasteiger partial charge in [0.05, 0.1) is 39.5 Å². The lowest BCUT2D eigenvalue weighted by molar-refractivity contribution is 1.25. The third-order valence-corrected chi connectivity index (χ3v) is 10.7. The number of aromatic nitrogens is 3. The quantitative estimate of drug-likeness (QED) is 0.196. The zero-order valence-electron chi connectivity index (χ0n) is 26.3. The van der Waals surface area contributed by atoms with Gasteiger partial charge in [-0.2, -0.15) is 0 Å². The molecular weight excluding hydrogens is 597 g/mol. The molecule has 226 valence electrons. The van der Waals surface area contributed by atoms with Gasteiger partial charge in [-0.05, 0) is 47.2 Å². The Morgan fingerprint density at radius 2 is 0.980 bits per heavy atom. The van der Waals surface area contributed by atoms with Gasteiger partial charge in [0.15, 0.2) is 0 Å². The lowest BCUT2D eigenvalue weighted by Gasteiger charge is -2.27. The average molecular weight is 623 g/mol. The molecule has 12 rings (SSSR count). The summed E-state index contributed by atoms with van der Waals surface area (Å²) >= 11 is 0. The van der Waals surface area contributed by atoms with Crippen LogP contribution >= 0.6 is 0 Å². The lowest BCUT2D eigenvalue weighted by Crippen LogP contribution is -2.11. The van der Waals surface area contributed by atoms with Crippen molar-refractivity contribution < 1.29 is 0 Å². The zero-order valence-corrected chi connectivity index (χ0v) is 26.3. The molecule has 0 radical (unpaired) electrons. The number of nitrogens with zero attached hydrogens (tertiary/aromatic N) is 4. The van der Waals surface area contributed by atoms with Crippen molar-refractivity contribution in [3.05, 3.63) is 158 Å². The molecule has 5 heterocycles. The first kappa shape index (κ1) is 25.4. The molecule has 0 aliphatic rings. The lowest BCUT2D eigenvalue weighted by atomic mass is 9.99. The normalized spacial score (nSPS) is 12.5. The van der Waals surface area contributed by atoms with Gasteiger partial charge in [0.2, 0.25) is 0 Å². The molecule has 0 fully saturated rings. The zero-order chi connectivity index (χ0) is 31.8. The number of para-hydroxylation sites is 5. The van der Waals surface area contributed by atoms with Gasteiger partial charge < -0.3 is 9.30 Å². The summed E-state index contributed by atoms with van der Waals surface area (Å²) in [6.07, 6.45) is 2.12. The van der Waals surface area contributed by atoms with Crippen LogP contribution in [0.25, 0.3) is 87.1 Å². The molecule has 0 N–H and O–H groups in total. The van der Waals surface area contributed by atoms with E-state index in [1.807, 2.05) is 0 Å². The molecular formula is C45H26N4. The van der Waals surface area contributed by atoms with E-state index in [1.165, 1.54) is 75.9 Å². The van der Waals surface area contributed by atoms with Gasteiger partial charge in [-0.1, -0.05) is 115 Å². The van der Waals surface area contributed by atoms with Gasteiger partial charge in [-0.25, -0.2) is 4.98 Å². The third-order valence-electron chi connectivity index (χ3n) is 10.7. The van der Waals surface area contributed by atoms with Gasteiger partial charge in [-0.15, -0.1) is 0 Å². The van der Waals surface area contributed by atoms with Crippen LogP contribution in [0, 0.1) is 0 Å². The largest absolute Gasteiger partial charge is 0.308 e. The minimum atomic E-state index is 1.01. The smallest absolute Gasteiger partial charge is 0.146 e. The number of hydrogen-bond donors (Lipinski definition) is 0. The molecule has 0 saturated carbocycles. The summed E-state index contributed by atoms with van der Waals surface area (Å²) in [4.78, 5) is 7.74. The Labute approximate surface area is 279 Å². The number of anilines is 3. The molecule has 4 heteroatoms. The number of rotatable bonds is 3. The van der Waals surface area contributed by atoms with Crippen LogP contribution in [-0.4, -0.2) is 13.8 Å². The Balaban J connectivity index is 1.33. The molecule has 0 aliphatic carbocycles. The summed E-state index contributed by atoms with van der Waals surface area (Å²) in [6.45, 7) is 0. The van der Waals surface area contributed by atoms with Crippen molar-refractivity contribution in [3.8, 4) is 0 Å². The Bertz CT molecular complexity index is 3220. The van der Waals surface area contributed by atoms with Gasteiger partial charge in [-0.3, -0.25) is 4.40 Å². The molecule has 4 nitrogen and oxygen atoms in total. The third kappa shape index (κ3) is 3.07. The van der Waals surface area contributed by atoms with Crippen molar-refractivity contribution in [1.29, 1.82) is 0 Å². The highest BCUT2D eigenvalue weighted by Gasteiger charge is 2.28. The number of hydrogen-bond acceptors (Lipinski definition) is 2. The Morgan fingerprint density at radius 1 is 0.408 bits per heavy atom. The second-order valence-electron chi connectivity index (χ2n) is 13.2. The van der Waals surface area contributed by atoms with Gasteiger partial charge >= 0.3 is 0 Å². The Kier molecular flexibility index (Phi) is 4.69. The second-order valence-corrected chi connectivity index (χ2v) is 13.2. The number of pyridine rings is 1. The topological polar surface area (TPSA) is 24.9 Å². The van der Waals surface area contributed by atoms with Crippen LogP contribution in [0.15, 0.2) is 158 Å². The highest BCUT2D eigenvalue weighted by molar-refractivity contribution is 6.37. The highest BCUT2D eigenvalue weighted by Crippen LogP contribution is 2.50. The fourth-order valence-electron chi connectivity index (χ4n) is 8.91. The maximum Gasteiger partial charge on any atom is 0.146 e. The van der Waals surface area contributed by atoms with E-state index in [2.05, 4.69) is 172 Å². The molecule has 7 aromatic carbocycles. The maximum atomic E-state index is 5.33. The van der Waals surface area contributed by atoms with Crippen molar-refractivity contribution in [2.75, 3.05) is 4.90 Å². The molecule has 5 aromatic heterocycles. The van der Waals surface area contributed by atoms with Gasteiger partial charge in [0.25, 0.3) is 0 Å². The first-order chi connectivity index (χ1) is 24.4. The van der Waals surface area contributed by atoms with Crippen LogP contribution in [0.3, 0.4) is 0 Å². The van der Waals surface area contributed by atoms with Gasteiger partial charge in [0.1, 0.15) is 5.65 Å². The van der Waals surface area contributed by atoms with Crippen molar-refractivity contribution in [2.24, 2.45) is 0 Å². The standard InChI is InChI=1S/C45H26N4/c1-3-14-28(15-4-1)47(29-16-5-2-6-17-29)37-25-27-13-7-8-18-30(27)39-33-21-12-22-34-40-38(48(43(33)34)44(37)39)26-46-45-41(40)35-23-11-20-32-31-19-9-10-24-36(31)49(45)42(32)35/h1-26H. The van der Waals surface area contributed by atoms with E-state index >= 15 is 0 Å². The monoisotopic (exact) mass is 622 g/mol. The predicted octanol–water partition coefficient (Wildman–Crippen LogP) is 12.0. The summed E-state index contributed by atoms with van der Waals surface area (Å²) < 4.78 is 4.89. The summed E-state index contributed by atoms with van der Waals surface area (Å²) in [5.74, 6) is 0. The van der Waals surface area contributed by atoms with Crippen molar-refractivity contribution in [3.63, 3.8) is 0 Å². The number of fused-ring (bicyclic) bond motifs is 15. The van der Waals surface area contributed by atoms with E-state index in [0.717, 1.165) is 28.2 Å². The molecule has 0 amide bonds. The van der Waals surface area contributed by atoms with Crippen LogP contribution in [0.1, 0.15) is 0 Å². The molecule has 0 saturated heterocycles. The summed E-state index contributed by atoms with van der Waals surface area (Å²) in [5, 5.41) is 12.5. The summed E-state index contributed by atoms with van der Waals surface area (Å²) in [7, 11) is 0. The number of benzene rings is 7. The molecule has 0 spiro atoms. The van der Waals surface area contributed by atoms with Crippen LogP contribution in [0.4, 0.5) is 17.1 Å². The predicted molar refractivity (Wildman–Crippen MR) is 206 cm³/mol. The van der Waals surface area contributed by atoms with E-state index in [-0.39, 0.29) is 0 Å². The molecule has 0 bridgehead atoms. The SMILES string of the molecule is c1ccc(N(c2ccccc2)c2cc3ccccc3c3c4cccc5c6c7c8cccc9c%10ccccc%10n(c7ncc6n(c23)c54)c98)cc1. The van der Waals surface area contributed by atoms with Crippen molar-refractivity contribution in [2.45, 2.75) is 0 Å². The average Bonchev–Trinajstić information content (AvgIpc) is 3.89. The summed E-state index contributed by atoms with van der Waals surface area (Å²) in [6, 6.07) is 55.0. The fourth-order valence-corrected chi connectivity index (χ4v) is 8.91. The van der Waals surface area contributed by atoms with Crippen molar-refractivity contribution in [1.82, 2.24) is 13.8 Å². The van der Waals surface area contributed by atoms with Crippen LogP contribution in [0.2, 0.25) is 0 Å². The minimum absolute atomic E-state index is 1.01. The molecule has 0 atom stereocenters. The van der Waals surface area contributed by atoms with Crippen molar-refractivity contribution >= 4 is 104 Å². The summed E-state index contributed by atoms with van der Waals surface area (Å²) in [5.41, 5.74) is 10.4. The maximum absolute atomic E-state index is 5.33. The van der Waals surface area contributed by atoms with Gasteiger partial charge in [0, 0.05) is 54.5 Å². The van der Waals surface area contributed by atoms with E-state index in [9.17, 15) is 0 Å². The first-order valence-electron chi connectivity index (χ1n) is 16.8. The molecule has 0 aliphatic heterocycles. The van der Waals surface area contributed by atoms with E-state index < -0.39 is 0 Å². The second kappa shape index (κ2) is 9.03.